The molecule has 3 aromatic rings. The number of H-pyrrole nitrogens is 1. The lowest BCUT2D eigenvalue weighted by Gasteiger charge is -2.17. The van der Waals surface area contributed by atoms with Crippen molar-refractivity contribution in [2.75, 3.05) is 13.1 Å². The summed E-state index contributed by atoms with van der Waals surface area (Å²) >= 11 is 0. The lowest BCUT2D eigenvalue weighted by Crippen LogP contribution is -2.20. The molecule has 0 bridgehead atoms. The summed E-state index contributed by atoms with van der Waals surface area (Å²) in [6, 6.07) is 10.6. The van der Waals surface area contributed by atoms with Crippen LogP contribution in [0.3, 0.4) is 0 Å². The molecule has 22 heavy (non-hydrogen) atoms. The van der Waals surface area contributed by atoms with Gasteiger partial charge in [0.05, 0.1) is 11.7 Å². The minimum absolute atomic E-state index is 0.574. The van der Waals surface area contributed by atoms with Crippen LogP contribution in [0.5, 0.6) is 0 Å². The highest BCUT2D eigenvalue weighted by molar-refractivity contribution is 5.81. The number of para-hydroxylation sites is 1. The first-order valence-electron chi connectivity index (χ1n) is 7.86. The summed E-state index contributed by atoms with van der Waals surface area (Å²) in [7, 11) is 0. The van der Waals surface area contributed by atoms with Gasteiger partial charge in [-0.25, -0.2) is 0 Å². The van der Waals surface area contributed by atoms with E-state index in [4.69, 9.17) is 0 Å². The van der Waals surface area contributed by atoms with Gasteiger partial charge in [0.1, 0.15) is 0 Å². The Balaban J connectivity index is 1.53. The minimum atomic E-state index is 0.574. The van der Waals surface area contributed by atoms with Crippen molar-refractivity contribution in [1.82, 2.24) is 20.1 Å². The van der Waals surface area contributed by atoms with E-state index in [0.29, 0.717) is 5.92 Å². The number of rotatable bonds is 3. The third-order valence-corrected chi connectivity index (χ3v) is 4.66. The molecule has 1 atom stereocenters. The molecule has 1 aliphatic heterocycles. The number of nitrogens with zero attached hydrogens (tertiary/aromatic N) is 3. The van der Waals surface area contributed by atoms with E-state index >= 15 is 0 Å². The molecule has 1 fully saturated rings. The highest BCUT2D eigenvalue weighted by atomic mass is 15.2. The van der Waals surface area contributed by atoms with E-state index in [1.807, 2.05) is 18.5 Å². The summed E-state index contributed by atoms with van der Waals surface area (Å²) < 4.78 is 0. The number of aromatic amines is 1. The standard InChI is InChI=1S/C18H20N4/c1-13-10-20-21-17(13)16-7-9-22(12-16)11-15-5-2-4-14-6-3-8-19-18(14)15/h2-6,8,10,16H,7,9,11-12H2,1H3,(H,20,21). The average molecular weight is 292 g/mol. The second-order valence-electron chi connectivity index (χ2n) is 6.18. The molecule has 2 aromatic heterocycles. The van der Waals surface area contributed by atoms with Crippen LogP contribution in [0.4, 0.5) is 0 Å². The molecule has 4 heteroatoms. The zero-order valence-corrected chi connectivity index (χ0v) is 12.8. The number of hydrogen-bond acceptors (Lipinski definition) is 3. The maximum Gasteiger partial charge on any atom is 0.0746 e. The largest absolute Gasteiger partial charge is 0.298 e. The first-order valence-corrected chi connectivity index (χ1v) is 7.86. The average Bonchev–Trinajstić information content (AvgIpc) is 3.16. The van der Waals surface area contributed by atoms with Gasteiger partial charge in [0.25, 0.3) is 0 Å². The van der Waals surface area contributed by atoms with Gasteiger partial charge in [0, 0.05) is 36.3 Å². The summed E-state index contributed by atoms with van der Waals surface area (Å²) in [6.45, 7) is 5.33. The molecule has 0 spiro atoms. The number of pyridine rings is 1. The third-order valence-electron chi connectivity index (χ3n) is 4.66. The number of hydrogen-bond donors (Lipinski definition) is 1. The van der Waals surface area contributed by atoms with Crippen LogP contribution in [-0.4, -0.2) is 33.2 Å². The van der Waals surface area contributed by atoms with Gasteiger partial charge >= 0.3 is 0 Å². The van der Waals surface area contributed by atoms with Crippen LogP contribution >= 0.6 is 0 Å². The van der Waals surface area contributed by atoms with Crippen molar-refractivity contribution in [3.8, 4) is 0 Å². The maximum atomic E-state index is 4.56. The molecule has 1 N–H and O–H groups in total. The monoisotopic (exact) mass is 292 g/mol. The molecular formula is C18H20N4. The molecule has 1 aliphatic rings. The van der Waals surface area contributed by atoms with Gasteiger partial charge in [0.2, 0.25) is 0 Å². The first-order chi connectivity index (χ1) is 10.8. The van der Waals surface area contributed by atoms with Crippen molar-refractivity contribution >= 4 is 10.9 Å². The van der Waals surface area contributed by atoms with Gasteiger partial charge in [-0.15, -0.1) is 0 Å². The second kappa shape index (κ2) is 5.54. The number of benzene rings is 1. The number of likely N-dealkylation sites (tertiary alicyclic amines) is 1. The molecule has 112 valence electrons. The van der Waals surface area contributed by atoms with Crippen LogP contribution in [-0.2, 0) is 6.54 Å². The van der Waals surface area contributed by atoms with Crippen LogP contribution in [0.1, 0.15) is 29.2 Å². The van der Waals surface area contributed by atoms with E-state index in [1.54, 1.807) is 0 Å². The van der Waals surface area contributed by atoms with Gasteiger partial charge < -0.3 is 0 Å². The summed E-state index contributed by atoms with van der Waals surface area (Å²) in [4.78, 5) is 7.09. The molecular weight excluding hydrogens is 272 g/mol. The number of aromatic nitrogens is 3. The minimum Gasteiger partial charge on any atom is -0.298 e. The van der Waals surface area contributed by atoms with Crippen LogP contribution in [0.2, 0.25) is 0 Å². The van der Waals surface area contributed by atoms with Crippen LogP contribution in [0.15, 0.2) is 42.7 Å². The van der Waals surface area contributed by atoms with Crippen molar-refractivity contribution in [2.45, 2.75) is 25.8 Å². The van der Waals surface area contributed by atoms with Gasteiger partial charge in [-0.05, 0) is 37.1 Å². The van der Waals surface area contributed by atoms with Crippen LogP contribution in [0.25, 0.3) is 10.9 Å². The quantitative estimate of drug-likeness (QED) is 0.806. The molecule has 4 nitrogen and oxygen atoms in total. The molecule has 1 saturated heterocycles. The van der Waals surface area contributed by atoms with E-state index in [0.717, 1.165) is 25.2 Å². The van der Waals surface area contributed by atoms with Crippen molar-refractivity contribution < 1.29 is 0 Å². The fourth-order valence-electron chi connectivity index (χ4n) is 3.52. The Bertz CT molecular complexity index is 787. The molecule has 1 unspecified atom stereocenters. The highest BCUT2D eigenvalue weighted by Gasteiger charge is 2.26. The molecule has 0 saturated carbocycles. The Kier molecular flexibility index (Phi) is 3.39. The first kappa shape index (κ1) is 13.5. The number of fused-ring (bicyclic) bond motifs is 1. The van der Waals surface area contributed by atoms with Crippen molar-refractivity contribution in [1.29, 1.82) is 0 Å². The van der Waals surface area contributed by atoms with E-state index in [9.17, 15) is 0 Å². The van der Waals surface area contributed by atoms with Crippen LogP contribution < -0.4 is 0 Å². The number of nitrogens with one attached hydrogen (secondary N) is 1. The highest BCUT2D eigenvalue weighted by Crippen LogP contribution is 2.29. The van der Waals surface area contributed by atoms with E-state index in [2.05, 4.69) is 51.3 Å². The van der Waals surface area contributed by atoms with Crippen LogP contribution in [0, 0.1) is 6.92 Å². The summed E-state index contributed by atoms with van der Waals surface area (Å²) in [5.41, 5.74) is 5.03. The lowest BCUT2D eigenvalue weighted by molar-refractivity contribution is 0.327. The molecule has 0 aliphatic carbocycles. The van der Waals surface area contributed by atoms with Crippen molar-refractivity contribution in [3.05, 3.63) is 59.5 Å². The smallest absolute Gasteiger partial charge is 0.0746 e. The van der Waals surface area contributed by atoms with Gasteiger partial charge in [-0.2, -0.15) is 5.10 Å². The molecule has 1 aromatic carbocycles. The third kappa shape index (κ3) is 2.40. The Hall–Kier alpha value is -2.20. The Morgan fingerprint density at radius 1 is 1.27 bits per heavy atom. The van der Waals surface area contributed by atoms with Crippen molar-refractivity contribution in [2.24, 2.45) is 0 Å². The van der Waals surface area contributed by atoms with E-state index in [-0.39, 0.29) is 0 Å². The summed E-state index contributed by atoms with van der Waals surface area (Å²) in [5, 5.41) is 8.56. The van der Waals surface area contributed by atoms with Crippen molar-refractivity contribution in [3.63, 3.8) is 0 Å². The lowest BCUT2D eigenvalue weighted by atomic mass is 10.0. The fraction of sp³-hybridized carbons (Fsp3) is 0.333. The normalized spacial score (nSPS) is 19.0. The summed E-state index contributed by atoms with van der Waals surface area (Å²) in [6.07, 6.45) is 5.00. The maximum absolute atomic E-state index is 4.56. The number of aryl methyl sites for hydroxylation is 1. The summed E-state index contributed by atoms with van der Waals surface area (Å²) in [5.74, 6) is 0.574. The molecule has 3 heterocycles. The predicted octanol–water partition coefficient (Wildman–Crippen LogP) is 3.26. The fourth-order valence-corrected chi connectivity index (χ4v) is 3.52. The van der Waals surface area contributed by atoms with E-state index in [1.165, 1.54) is 28.6 Å². The zero-order valence-electron chi connectivity index (χ0n) is 12.8. The van der Waals surface area contributed by atoms with Gasteiger partial charge in [-0.3, -0.25) is 15.0 Å². The predicted molar refractivity (Wildman–Crippen MR) is 87.7 cm³/mol. The Morgan fingerprint density at radius 3 is 3.05 bits per heavy atom. The second-order valence-corrected chi connectivity index (χ2v) is 6.18. The zero-order chi connectivity index (χ0) is 14.9. The molecule has 4 rings (SSSR count). The Morgan fingerprint density at radius 2 is 2.18 bits per heavy atom. The molecule has 0 amide bonds. The Labute approximate surface area is 130 Å². The SMILES string of the molecule is Cc1cn[nH]c1C1CCN(Cc2cccc3cccnc23)C1. The van der Waals surface area contributed by atoms with E-state index < -0.39 is 0 Å². The van der Waals surface area contributed by atoms with Gasteiger partial charge in [-0.1, -0.05) is 24.3 Å². The molecule has 0 radical (unpaired) electrons. The topological polar surface area (TPSA) is 44.8 Å². The van der Waals surface area contributed by atoms with Gasteiger partial charge in [0.15, 0.2) is 0 Å².